The van der Waals surface area contributed by atoms with Crippen molar-refractivity contribution in [1.29, 1.82) is 0 Å². The Labute approximate surface area is 140 Å². The molecule has 1 fully saturated rings. The van der Waals surface area contributed by atoms with E-state index in [1.165, 1.54) is 24.0 Å². The van der Waals surface area contributed by atoms with Crippen molar-refractivity contribution in [2.45, 2.75) is 44.8 Å². The number of hydrogen-bond acceptors (Lipinski definition) is 2. The molecule has 23 heavy (non-hydrogen) atoms. The Morgan fingerprint density at radius 3 is 2.17 bits per heavy atom. The van der Waals surface area contributed by atoms with Gasteiger partial charge in [0.15, 0.2) is 0 Å². The Bertz CT molecular complexity index is 590. The standard InChI is InChI=1S/C21H28N2/c1-3-21(4-2)17-23(16-18-11-7-5-8-12-18)20(15-22-21)19-13-9-6-10-14-19/h5-14,20,22H,3-4,15-17H2,1-2H3. The molecule has 3 rings (SSSR count). The van der Waals surface area contributed by atoms with Gasteiger partial charge in [0.05, 0.1) is 0 Å². The van der Waals surface area contributed by atoms with Crippen molar-refractivity contribution in [1.82, 2.24) is 10.2 Å². The normalized spacial score (nSPS) is 21.2. The van der Waals surface area contributed by atoms with Crippen LogP contribution in [0.2, 0.25) is 0 Å². The zero-order valence-corrected chi connectivity index (χ0v) is 14.3. The summed E-state index contributed by atoms with van der Waals surface area (Å²) in [5.41, 5.74) is 3.06. The number of nitrogens with zero attached hydrogens (tertiary/aromatic N) is 1. The smallest absolute Gasteiger partial charge is 0.0477 e. The summed E-state index contributed by atoms with van der Waals surface area (Å²) in [4.78, 5) is 2.66. The van der Waals surface area contributed by atoms with E-state index in [-0.39, 0.29) is 5.54 Å². The summed E-state index contributed by atoms with van der Waals surface area (Å²) < 4.78 is 0. The molecular weight excluding hydrogens is 280 g/mol. The minimum absolute atomic E-state index is 0.250. The first kappa shape index (κ1) is 16.2. The van der Waals surface area contributed by atoms with Gasteiger partial charge in [-0.25, -0.2) is 0 Å². The van der Waals surface area contributed by atoms with E-state index in [1.54, 1.807) is 0 Å². The fourth-order valence-corrected chi connectivity index (χ4v) is 3.71. The minimum Gasteiger partial charge on any atom is -0.308 e. The Hall–Kier alpha value is -1.64. The van der Waals surface area contributed by atoms with E-state index in [4.69, 9.17) is 0 Å². The highest BCUT2D eigenvalue weighted by Gasteiger charge is 2.37. The zero-order valence-electron chi connectivity index (χ0n) is 14.3. The molecule has 1 saturated heterocycles. The van der Waals surface area contributed by atoms with Gasteiger partial charge in [-0.05, 0) is 24.0 Å². The minimum atomic E-state index is 0.250. The summed E-state index contributed by atoms with van der Waals surface area (Å²) in [5.74, 6) is 0. The number of nitrogens with one attached hydrogen (secondary N) is 1. The Morgan fingerprint density at radius 1 is 0.957 bits per heavy atom. The number of benzene rings is 2. The Balaban J connectivity index is 1.86. The second kappa shape index (κ2) is 7.29. The first-order chi connectivity index (χ1) is 11.3. The molecule has 1 atom stereocenters. The van der Waals surface area contributed by atoms with E-state index in [0.717, 1.165) is 19.6 Å². The Kier molecular flexibility index (Phi) is 5.14. The molecule has 0 aliphatic carbocycles. The van der Waals surface area contributed by atoms with E-state index in [1.807, 2.05) is 0 Å². The average Bonchev–Trinajstić information content (AvgIpc) is 2.63. The molecule has 0 saturated carbocycles. The van der Waals surface area contributed by atoms with Gasteiger partial charge in [0, 0.05) is 31.2 Å². The molecule has 1 heterocycles. The quantitative estimate of drug-likeness (QED) is 0.881. The summed E-state index contributed by atoms with van der Waals surface area (Å²) in [7, 11) is 0. The van der Waals surface area contributed by atoms with Crippen molar-refractivity contribution in [3.05, 3.63) is 71.8 Å². The molecule has 1 unspecified atom stereocenters. The first-order valence-corrected chi connectivity index (χ1v) is 8.84. The summed E-state index contributed by atoms with van der Waals surface area (Å²) in [5, 5.41) is 3.85. The van der Waals surface area contributed by atoms with E-state index < -0.39 is 0 Å². The second-order valence-electron chi connectivity index (χ2n) is 6.69. The van der Waals surface area contributed by atoms with E-state index in [2.05, 4.69) is 84.7 Å². The van der Waals surface area contributed by atoms with Crippen LogP contribution in [0.4, 0.5) is 0 Å². The van der Waals surface area contributed by atoms with Gasteiger partial charge in [-0.2, -0.15) is 0 Å². The summed E-state index contributed by atoms with van der Waals surface area (Å²) in [6.07, 6.45) is 2.35. The maximum atomic E-state index is 3.85. The third kappa shape index (κ3) is 3.65. The molecule has 2 aromatic rings. The molecule has 2 aromatic carbocycles. The molecule has 1 N–H and O–H groups in total. The topological polar surface area (TPSA) is 15.3 Å². The van der Waals surface area contributed by atoms with Crippen LogP contribution in [-0.2, 0) is 6.54 Å². The van der Waals surface area contributed by atoms with Crippen molar-refractivity contribution < 1.29 is 0 Å². The van der Waals surface area contributed by atoms with Gasteiger partial charge in [0.25, 0.3) is 0 Å². The van der Waals surface area contributed by atoms with Gasteiger partial charge in [-0.3, -0.25) is 4.90 Å². The Morgan fingerprint density at radius 2 is 1.57 bits per heavy atom. The van der Waals surface area contributed by atoms with E-state index in [9.17, 15) is 0 Å². The van der Waals surface area contributed by atoms with Gasteiger partial charge in [-0.15, -0.1) is 0 Å². The zero-order chi connectivity index (χ0) is 16.1. The van der Waals surface area contributed by atoms with Crippen molar-refractivity contribution in [2.75, 3.05) is 13.1 Å². The van der Waals surface area contributed by atoms with Crippen molar-refractivity contribution in [2.24, 2.45) is 0 Å². The predicted molar refractivity (Wildman–Crippen MR) is 97.4 cm³/mol. The lowest BCUT2D eigenvalue weighted by Crippen LogP contribution is -2.60. The summed E-state index contributed by atoms with van der Waals surface area (Å²) in [6.45, 7) is 7.76. The fraction of sp³-hybridized carbons (Fsp3) is 0.429. The molecule has 1 aliphatic rings. The molecule has 0 aromatic heterocycles. The van der Waals surface area contributed by atoms with Crippen LogP contribution in [-0.4, -0.2) is 23.5 Å². The van der Waals surface area contributed by atoms with Crippen LogP contribution in [0.1, 0.15) is 43.9 Å². The summed E-state index contributed by atoms with van der Waals surface area (Å²) >= 11 is 0. The van der Waals surface area contributed by atoms with E-state index in [0.29, 0.717) is 6.04 Å². The molecule has 2 heteroatoms. The molecule has 122 valence electrons. The number of rotatable bonds is 5. The third-order valence-corrected chi connectivity index (χ3v) is 5.38. The van der Waals surface area contributed by atoms with Crippen molar-refractivity contribution >= 4 is 0 Å². The lowest BCUT2D eigenvalue weighted by atomic mass is 9.87. The first-order valence-electron chi connectivity index (χ1n) is 8.84. The summed E-state index contributed by atoms with van der Waals surface area (Å²) in [6, 6.07) is 22.2. The molecule has 0 radical (unpaired) electrons. The lowest BCUT2D eigenvalue weighted by Gasteiger charge is -2.47. The van der Waals surface area contributed by atoms with Crippen LogP contribution in [0.15, 0.2) is 60.7 Å². The molecular formula is C21H28N2. The van der Waals surface area contributed by atoms with Gasteiger partial charge in [-0.1, -0.05) is 74.5 Å². The molecule has 0 amide bonds. The van der Waals surface area contributed by atoms with Crippen LogP contribution in [0.5, 0.6) is 0 Å². The highest BCUT2D eigenvalue weighted by Crippen LogP contribution is 2.31. The van der Waals surface area contributed by atoms with Crippen molar-refractivity contribution in [3.63, 3.8) is 0 Å². The van der Waals surface area contributed by atoms with Gasteiger partial charge < -0.3 is 5.32 Å². The molecule has 1 aliphatic heterocycles. The third-order valence-electron chi connectivity index (χ3n) is 5.38. The maximum absolute atomic E-state index is 3.85. The van der Waals surface area contributed by atoms with Gasteiger partial charge in [0.2, 0.25) is 0 Å². The maximum Gasteiger partial charge on any atom is 0.0477 e. The SMILES string of the molecule is CCC1(CC)CN(Cc2ccccc2)C(c2ccccc2)CN1. The second-order valence-corrected chi connectivity index (χ2v) is 6.69. The number of hydrogen-bond donors (Lipinski definition) is 1. The highest BCUT2D eigenvalue weighted by molar-refractivity contribution is 5.22. The van der Waals surface area contributed by atoms with E-state index >= 15 is 0 Å². The van der Waals surface area contributed by atoms with Gasteiger partial charge in [0.1, 0.15) is 0 Å². The van der Waals surface area contributed by atoms with Crippen LogP contribution in [0.25, 0.3) is 0 Å². The van der Waals surface area contributed by atoms with Crippen molar-refractivity contribution in [3.8, 4) is 0 Å². The molecule has 0 bridgehead atoms. The van der Waals surface area contributed by atoms with Crippen LogP contribution in [0, 0.1) is 0 Å². The monoisotopic (exact) mass is 308 g/mol. The number of piperazine rings is 1. The van der Waals surface area contributed by atoms with Crippen LogP contribution in [0.3, 0.4) is 0 Å². The largest absolute Gasteiger partial charge is 0.308 e. The average molecular weight is 308 g/mol. The predicted octanol–water partition coefficient (Wildman–Crippen LogP) is 4.39. The molecule has 0 spiro atoms. The highest BCUT2D eigenvalue weighted by atomic mass is 15.3. The fourth-order valence-electron chi connectivity index (χ4n) is 3.71. The molecule has 2 nitrogen and oxygen atoms in total. The lowest BCUT2D eigenvalue weighted by molar-refractivity contribution is 0.0658. The van der Waals surface area contributed by atoms with Crippen LogP contribution >= 0.6 is 0 Å². The van der Waals surface area contributed by atoms with Gasteiger partial charge >= 0.3 is 0 Å². The van der Waals surface area contributed by atoms with Crippen LogP contribution < -0.4 is 5.32 Å².